The van der Waals surface area contributed by atoms with Gasteiger partial charge in [0.1, 0.15) is 17.5 Å². The second kappa shape index (κ2) is 6.93. The van der Waals surface area contributed by atoms with Crippen molar-refractivity contribution in [1.29, 1.82) is 5.26 Å². The van der Waals surface area contributed by atoms with Crippen molar-refractivity contribution in [2.24, 2.45) is 5.92 Å². The molecule has 0 fully saturated rings. The van der Waals surface area contributed by atoms with Crippen molar-refractivity contribution in [2.75, 3.05) is 12.3 Å². The van der Waals surface area contributed by atoms with Crippen LogP contribution in [0.1, 0.15) is 42.8 Å². The summed E-state index contributed by atoms with van der Waals surface area (Å²) in [6, 6.07) is 4.07. The zero-order chi connectivity index (χ0) is 18.0. The molecule has 0 bridgehead atoms. The number of nitrogens with zero attached hydrogens (tertiary/aromatic N) is 3. The number of pyridine rings is 1. The van der Waals surface area contributed by atoms with Gasteiger partial charge in [0.15, 0.2) is 0 Å². The van der Waals surface area contributed by atoms with Crippen LogP contribution in [0.15, 0.2) is 6.07 Å². The summed E-state index contributed by atoms with van der Waals surface area (Å²) in [6.45, 7) is 4.18. The van der Waals surface area contributed by atoms with Gasteiger partial charge in [-0.15, -0.1) is 0 Å². The maximum atomic E-state index is 12.2. The Bertz CT molecular complexity index is 850. The van der Waals surface area contributed by atoms with Crippen LogP contribution in [0, 0.1) is 17.2 Å². The van der Waals surface area contributed by atoms with Crippen LogP contribution in [0.25, 0.3) is 11.3 Å². The zero-order valence-corrected chi connectivity index (χ0v) is 14.4. The van der Waals surface area contributed by atoms with E-state index < -0.39 is 0 Å². The Balaban J connectivity index is 2.12. The minimum Gasteiger partial charge on any atom is -0.466 e. The molecule has 7 heteroatoms. The number of fused-ring (bicyclic) bond motifs is 1. The Kier molecular flexibility index (Phi) is 4.70. The lowest BCUT2D eigenvalue weighted by molar-refractivity contribution is -0.148. The number of H-pyrrole nitrogens is 1. The number of aromatic amines is 1. The van der Waals surface area contributed by atoms with E-state index in [1.54, 1.807) is 6.92 Å². The highest BCUT2D eigenvalue weighted by Gasteiger charge is 2.31. The fourth-order valence-electron chi connectivity index (χ4n) is 3.31. The molecule has 3 rings (SSSR count). The van der Waals surface area contributed by atoms with Crippen LogP contribution in [0.4, 0.5) is 5.82 Å². The van der Waals surface area contributed by atoms with E-state index in [1.807, 2.05) is 13.0 Å². The van der Waals surface area contributed by atoms with E-state index in [0.717, 1.165) is 23.4 Å². The molecule has 3 N–H and O–H groups in total. The second-order valence-electron chi connectivity index (χ2n) is 6.11. The quantitative estimate of drug-likeness (QED) is 0.824. The van der Waals surface area contributed by atoms with Crippen molar-refractivity contribution in [3.8, 4) is 17.3 Å². The smallest absolute Gasteiger partial charge is 0.309 e. The summed E-state index contributed by atoms with van der Waals surface area (Å²) in [4.78, 5) is 16.6. The molecule has 130 valence electrons. The number of nitriles is 1. The minimum atomic E-state index is -0.229. The number of ether oxygens (including phenoxy) is 1. The molecule has 2 aromatic heterocycles. The van der Waals surface area contributed by atoms with Gasteiger partial charge in [-0.1, -0.05) is 6.92 Å². The molecule has 2 heterocycles. The van der Waals surface area contributed by atoms with Gasteiger partial charge in [-0.25, -0.2) is 4.98 Å². The summed E-state index contributed by atoms with van der Waals surface area (Å²) < 4.78 is 5.17. The molecule has 0 aromatic carbocycles. The van der Waals surface area contributed by atoms with Gasteiger partial charge >= 0.3 is 5.97 Å². The lowest BCUT2D eigenvalue weighted by atomic mass is 9.82. The lowest BCUT2D eigenvalue weighted by Crippen LogP contribution is -2.26. The van der Waals surface area contributed by atoms with Gasteiger partial charge in [-0.05, 0) is 44.2 Å². The van der Waals surface area contributed by atoms with Crippen molar-refractivity contribution in [2.45, 2.75) is 39.5 Å². The highest BCUT2D eigenvalue weighted by Crippen LogP contribution is 2.37. The molecule has 0 spiro atoms. The number of aromatic nitrogens is 3. The third-order valence-electron chi connectivity index (χ3n) is 4.59. The fourth-order valence-corrected chi connectivity index (χ4v) is 3.31. The van der Waals surface area contributed by atoms with Crippen LogP contribution in [-0.2, 0) is 28.8 Å². The van der Waals surface area contributed by atoms with Crippen molar-refractivity contribution in [1.82, 2.24) is 15.2 Å². The lowest BCUT2D eigenvalue weighted by Gasteiger charge is -2.25. The predicted octanol–water partition coefficient (Wildman–Crippen LogP) is 2.16. The molecular weight excluding hydrogens is 318 g/mol. The van der Waals surface area contributed by atoms with Gasteiger partial charge in [0.2, 0.25) is 0 Å². The molecular formula is C18H21N5O2. The number of nitrogens with one attached hydrogen (secondary N) is 1. The molecule has 1 aliphatic carbocycles. The Morgan fingerprint density at radius 3 is 2.96 bits per heavy atom. The SMILES string of the molecule is CCOC(=O)[C@@H]1CCc2nc(N)c(C#N)c(-c3cc(CC)[nH]n3)c2C1. The van der Waals surface area contributed by atoms with Crippen molar-refractivity contribution < 1.29 is 9.53 Å². The standard InChI is InChI=1S/C18H21N5O2/c1-3-11-8-15(23-22-11)16-12-7-10(18(24)25-4-2)5-6-14(12)21-17(20)13(16)9-19/h8,10H,3-7H2,1-2H3,(H2,20,21)(H,22,23)/t10-/m1/s1. The van der Waals surface area contributed by atoms with Crippen molar-refractivity contribution in [3.05, 3.63) is 28.6 Å². The first-order valence-corrected chi connectivity index (χ1v) is 8.51. The third kappa shape index (κ3) is 3.07. The van der Waals surface area contributed by atoms with E-state index in [-0.39, 0.29) is 17.7 Å². The first-order valence-electron chi connectivity index (χ1n) is 8.51. The molecule has 2 aromatic rings. The second-order valence-corrected chi connectivity index (χ2v) is 6.11. The van der Waals surface area contributed by atoms with E-state index >= 15 is 0 Å². The zero-order valence-electron chi connectivity index (χ0n) is 14.4. The van der Waals surface area contributed by atoms with Gasteiger partial charge < -0.3 is 10.5 Å². The molecule has 0 unspecified atom stereocenters. The third-order valence-corrected chi connectivity index (χ3v) is 4.59. The van der Waals surface area contributed by atoms with E-state index in [4.69, 9.17) is 10.5 Å². The fraction of sp³-hybridized carbons (Fsp3) is 0.444. The van der Waals surface area contributed by atoms with Gasteiger partial charge in [0.05, 0.1) is 18.2 Å². The molecule has 0 saturated heterocycles. The predicted molar refractivity (Wildman–Crippen MR) is 92.5 cm³/mol. The molecule has 1 aliphatic rings. The van der Waals surface area contributed by atoms with E-state index in [0.29, 0.717) is 42.7 Å². The minimum absolute atomic E-state index is 0.203. The normalized spacial score (nSPS) is 16.1. The first kappa shape index (κ1) is 17.0. The number of anilines is 1. The number of carbonyl (C=O) groups excluding carboxylic acids is 1. The van der Waals surface area contributed by atoms with Gasteiger partial charge in [-0.3, -0.25) is 9.89 Å². The van der Waals surface area contributed by atoms with E-state index in [1.165, 1.54) is 0 Å². The monoisotopic (exact) mass is 339 g/mol. The Morgan fingerprint density at radius 1 is 1.52 bits per heavy atom. The van der Waals surface area contributed by atoms with Crippen LogP contribution in [0.2, 0.25) is 0 Å². The average Bonchev–Trinajstić information content (AvgIpc) is 3.09. The maximum Gasteiger partial charge on any atom is 0.309 e. The van der Waals surface area contributed by atoms with Crippen LogP contribution in [-0.4, -0.2) is 27.8 Å². The summed E-state index contributed by atoms with van der Waals surface area (Å²) in [5.41, 5.74) is 10.4. The summed E-state index contributed by atoms with van der Waals surface area (Å²) in [5, 5.41) is 16.9. The van der Waals surface area contributed by atoms with Gasteiger partial charge in [-0.2, -0.15) is 10.4 Å². The van der Waals surface area contributed by atoms with Crippen LogP contribution < -0.4 is 5.73 Å². The molecule has 1 atom stereocenters. The number of rotatable bonds is 4. The van der Waals surface area contributed by atoms with E-state index in [2.05, 4.69) is 21.3 Å². The maximum absolute atomic E-state index is 12.2. The Labute approximate surface area is 146 Å². The molecule has 25 heavy (non-hydrogen) atoms. The first-order chi connectivity index (χ1) is 12.1. The van der Waals surface area contributed by atoms with Crippen LogP contribution in [0.5, 0.6) is 0 Å². The van der Waals surface area contributed by atoms with Crippen LogP contribution in [0.3, 0.4) is 0 Å². The average molecular weight is 339 g/mol. The number of aryl methyl sites for hydroxylation is 2. The topological polar surface area (TPSA) is 118 Å². The van der Waals surface area contributed by atoms with Gasteiger partial charge in [0, 0.05) is 17.0 Å². The van der Waals surface area contributed by atoms with Crippen LogP contribution >= 0.6 is 0 Å². The summed E-state index contributed by atoms with van der Waals surface area (Å²) in [6.07, 6.45) is 2.60. The van der Waals surface area contributed by atoms with Crippen molar-refractivity contribution >= 4 is 11.8 Å². The molecule has 0 amide bonds. The Morgan fingerprint density at radius 2 is 2.32 bits per heavy atom. The highest BCUT2D eigenvalue weighted by atomic mass is 16.5. The largest absolute Gasteiger partial charge is 0.466 e. The molecule has 0 aliphatic heterocycles. The highest BCUT2D eigenvalue weighted by molar-refractivity contribution is 5.79. The summed E-state index contributed by atoms with van der Waals surface area (Å²) >= 11 is 0. The summed E-state index contributed by atoms with van der Waals surface area (Å²) in [5.74, 6) is -0.217. The van der Waals surface area contributed by atoms with E-state index in [9.17, 15) is 10.1 Å². The number of nitrogen functional groups attached to an aromatic ring is 1. The molecule has 0 radical (unpaired) electrons. The number of hydrogen-bond donors (Lipinski definition) is 2. The number of carbonyl (C=O) groups is 1. The summed E-state index contributed by atoms with van der Waals surface area (Å²) in [7, 11) is 0. The Hall–Kier alpha value is -2.88. The van der Waals surface area contributed by atoms with Gasteiger partial charge in [0.25, 0.3) is 0 Å². The number of hydrogen-bond acceptors (Lipinski definition) is 6. The van der Waals surface area contributed by atoms with Crippen molar-refractivity contribution in [3.63, 3.8) is 0 Å². The number of nitrogens with two attached hydrogens (primary N) is 1. The molecule has 7 nitrogen and oxygen atoms in total. The number of esters is 1. The molecule has 0 saturated carbocycles.